The predicted molar refractivity (Wildman–Crippen MR) is 118 cm³/mol. The summed E-state index contributed by atoms with van der Waals surface area (Å²) in [5, 5.41) is 0.615. The van der Waals surface area contributed by atoms with Gasteiger partial charge < -0.3 is 29.6 Å². The number of imidazole rings is 1. The van der Waals surface area contributed by atoms with E-state index in [1.165, 1.54) is 11.8 Å². The number of unbranched alkanes of at least 4 members (excludes halogenated alkanes) is 1. The molecule has 168 valence electrons. The van der Waals surface area contributed by atoms with Crippen LogP contribution < -0.4 is 10.5 Å². The molecule has 3 rings (SSSR count). The topological polar surface area (TPSA) is 146 Å². The summed E-state index contributed by atoms with van der Waals surface area (Å²) in [6, 6.07) is 7.73. The molecule has 0 aliphatic rings. The Balaban J connectivity index is 1.74. The molecule has 10 nitrogen and oxygen atoms in total. The van der Waals surface area contributed by atoms with E-state index in [9.17, 15) is 4.57 Å². The fourth-order valence-corrected chi connectivity index (χ4v) is 4.07. The largest absolute Gasteiger partial charge is 0.494 e. The minimum atomic E-state index is -4.23. The number of ether oxygens (including phenoxy) is 2. The minimum Gasteiger partial charge on any atom is -0.494 e. The summed E-state index contributed by atoms with van der Waals surface area (Å²) in [4.78, 5) is 31.9. The van der Waals surface area contributed by atoms with Crippen molar-refractivity contribution in [3.63, 3.8) is 0 Å². The monoisotopic (exact) mass is 467 g/mol. The second-order valence-corrected chi connectivity index (χ2v) is 9.65. The molecule has 0 saturated heterocycles. The predicted octanol–water partition coefficient (Wildman–Crippen LogP) is 3.28. The van der Waals surface area contributed by atoms with Crippen molar-refractivity contribution in [2.45, 2.75) is 49.3 Å². The molecule has 0 amide bonds. The molecule has 1 aromatic carbocycles. The highest BCUT2D eigenvalue weighted by Crippen LogP contribution is 2.35. The van der Waals surface area contributed by atoms with Crippen molar-refractivity contribution in [2.75, 3.05) is 18.7 Å². The molecular formula is C19H26N5O5PS. The van der Waals surface area contributed by atoms with Gasteiger partial charge in [-0.2, -0.15) is 4.98 Å². The molecule has 12 heteroatoms. The molecule has 1 atom stereocenters. The van der Waals surface area contributed by atoms with Crippen LogP contribution in [0.15, 0.2) is 40.5 Å². The van der Waals surface area contributed by atoms with E-state index >= 15 is 0 Å². The Morgan fingerprint density at radius 3 is 2.68 bits per heavy atom. The maximum Gasteiger partial charge on any atom is 0.350 e. The fourth-order valence-electron chi connectivity index (χ4n) is 2.74. The lowest BCUT2D eigenvalue weighted by Gasteiger charge is -2.14. The maximum absolute atomic E-state index is 11.0. The highest BCUT2D eigenvalue weighted by Gasteiger charge is 2.18. The second kappa shape index (κ2) is 10.4. The standard InChI is InChI=1S/C19H26N5O5PS/c1-3-4-9-28-14-5-7-15(8-6-14)31-18-16-17(22-19(20)23-18)24(11-21-16)10-13(2)29-12-30(25,26)27/h5-8,11,13H,3-4,9-10,12H2,1-2H3,(H2,20,22,23)(H2,25,26,27). The quantitative estimate of drug-likeness (QED) is 0.218. The molecule has 0 fully saturated rings. The zero-order valence-electron chi connectivity index (χ0n) is 17.3. The van der Waals surface area contributed by atoms with Gasteiger partial charge in [-0.25, -0.2) is 9.97 Å². The van der Waals surface area contributed by atoms with E-state index < -0.39 is 20.0 Å². The Kier molecular flexibility index (Phi) is 7.90. The van der Waals surface area contributed by atoms with Crippen molar-refractivity contribution in [3.05, 3.63) is 30.6 Å². The Morgan fingerprint density at radius 2 is 2.00 bits per heavy atom. The zero-order valence-corrected chi connectivity index (χ0v) is 19.1. The van der Waals surface area contributed by atoms with E-state index in [2.05, 4.69) is 21.9 Å². The van der Waals surface area contributed by atoms with Crippen LogP contribution in [-0.2, 0) is 15.8 Å². The van der Waals surface area contributed by atoms with Crippen LogP contribution in [0, 0.1) is 0 Å². The van der Waals surface area contributed by atoms with Crippen LogP contribution in [0.5, 0.6) is 5.75 Å². The number of hydrogen-bond acceptors (Lipinski definition) is 8. The lowest BCUT2D eigenvalue weighted by atomic mass is 10.3. The summed E-state index contributed by atoms with van der Waals surface area (Å²) < 4.78 is 23.6. The zero-order chi connectivity index (χ0) is 22.4. The van der Waals surface area contributed by atoms with Crippen molar-refractivity contribution in [1.29, 1.82) is 0 Å². The molecule has 0 bridgehead atoms. The van der Waals surface area contributed by atoms with Gasteiger partial charge in [0, 0.05) is 4.90 Å². The van der Waals surface area contributed by atoms with Gasteiger partial charge in [0.05, 0.1) is 25.6 Å². The van der Waals surface area contributed by atoms with Crippen LogP contribution in [0.3, 0.4) is 0 Å². The average molecular weight is 467 g/mol. The third-order valence-corrected chi connectivity index (χ3v) is 5.71. The van der Waals surface area contributed by atoms with Crippen molar-refractivity contribution in [2.24, 2.45) is 0 Å². The van der Waals surface area contributed by atoms with Gasteiger partial charge >= 0.3 is 7.60 Å². The Bertz CT molecular complexity index is 1060. The normalized spacial score (nSPS) is 12.9. The number of anilines is 1. The van der Waals surface area contributed by atoms with Gasteiger partial charge in [-0.05, 0) is 37.6 Å². The maximum atomic E-state index is 11.0. The van der Waals surface area contributed by atoms with E-state index in [0.29, 0.717) is 29.3 Å². The molecule has 2 heterocycles. The van der Waals surface area contributed by atoms with Crippen molar-refractivity contribution >= 4 is 36.5 Å². The molecule has 0 aliphatic heterocycles. The Hall–Kier alpha value is -2.17. The van der Waals surface area contributed by atoms with Crippen LogP contribution >= 0.6 is 19.4 Å². The van der Waals surface area contributed by atoms with E-state index in [4.69, 9.17) is 25.0 Å². The molecule has 2 aromatic heterocycles. The minimum absolute atomic E-state index is 0.111. The van der Waals surface area contributed by atoms with Crippen molar-refractivity contribution in [3.8, 4) is 5.75 Å². The van der Waals surface area contributed by atoms with E-state index in [1.54, 1.807) is 17.8 Å². The van der Waals surface area contributed by atoms with Crippen molar-refractivity contribution in [1.82, 2.24) is 19.5 Å². The molecule has 0 saturated carbocycles. The van der Waals surface area contributed by atoms with E-state index in [-0.39, 0.29) is 5.95 Å². The molecular weight excluding hydrogens is 441 g/mol. The van der Waals surface area contributed by atoms with Gasteiger partial charge in [-0.3, -0.25) is 4.57 Å². The summed E-state index contributed by atoms with van der Waals surface area (Å²) in [5.74, 6) is 0.929. The molecule has 3 aromatic rings. The summed E-state index contributed by atoms with van der Waals surface area (Å²) in [6.07, 6.45) is 2.58. The van der Waals surface area contributed by atoms with Crippen LogP contribution in [0.4, 0.5) is 5.95 Å². The SMILES string of the molecule is CCCCOc1ccc(Sc2nc(N)nc3c2ncn3CC(C)OCP(=O)(O)O)cc1. The molecule has 1 unspecified atom stereocenters. The van der Waals surface area contributed by atoms with Crippen LogP contribution in [0.1, 0.15) is 26.7 Å². The number of nitrogens with zero attached hydrogens (tertiary/aromatic N) is 4. The Labute approximate surface area is 184 Å². The first-order valence-electron chi connectivity index (χ1n) is 9.80. The van der Waals surface area contributed by atoms with Gasteiger partial charge in [0.1, 0.15) is 22.6 Å². The second-order valence-electron chi connectivity index (χ2n) is 7.00. The van der Waals surface area contributed by atoms with Gasteiger partial charge in [0.2, 0.25) is 5.95 Å². The fraction of sp³-hybridized carbons (Fsp3) is 0.421. The highest BCUT2D eigenvalue weighted by atomic mass is 32.2. The highest BCUT2D eigenvalue weighted by molar-refractivity contribution is 7.99. The summed E-state index contributed by atoms with van der Waals surface area (Å²) >= 11 is 1.42. The van der Waals surface area contributed by atoms with Crippen molar-refractivity contribution < 1.29 is 23.8 Å². The molecule has 0 spiro atoms. The number of hydrogen-bond donors (Lipinski definition) is 3. The number of rotatable bonds is 11. The molecule has 31 heavy (non-hydrogen) atoms. The van der Waals surface area contributed by atoms with Crippen LogP contribution in [0.2, 0.25) is 0 Å². The van der Waals surface area contributed by atoms with Gasteiger partial charge in [0.25, 0.3) is 0 Å². The summed E-state index contributed by atoms with van der Waals surface area (Å²) in [6.45, 7) is 4.83. The van der Waals surface area contributed by atoms with Gasteiger partial charge in [-0.1, -0.05) is 25.1 Å². The first-order chi connectivity index (χ1) is 14.7. The van der Waals surface area contributed by atoms with Gasteiger partial charge in [-0.15, -0.1) is 0 Å². The lowest BCUT2D eigenvalue weighted by Crippen LogP contribution is -2.17. The van der Waals surface area contributed by atoms with Crippen LogP contribution in [-0.4, -0.2) is 48.4 Å². The molecule has 4 N–H and O–H groups in total. The first-order valence-corrected chi connectivity index (χ1v) is 12.4. The van der Waals surface area contributed by atoms with Crippen LogP contribution in [0.25, 0.3) is 11.2 Å². The van der Waals surface area contributed by atoms with Gasteiger partial charge in [0.15, 0.2) is 5.65 Å². The molecule has 0 aliphatic carbocycles. The number of aromatic nitrogens is 4. The number of fused-ring (bicyclic) bond motifs is 1. The number of benzene rings is 1. The number of nitrogen functional groups attached to an aromatic ring is 1. The Morgan fingerprint density at radius 1 is 1.26 bits per heavy atom. The third kappa shape index (κ3) is 6.91. The smallest absolute Gasteiger partial charge is 0.350 e. The lowest BCUT2D eigenvalue weighted by molar-refractivity contribution is 0.0764. The first kappa shape index (κ1) is 23.5. The third-order valence-electron chi connectivity index (χ3n) is 4.24. The number of nitrogens with two attached hydrogens (primary N) is 1. The molecule has 0 radical (unpaired) electrons. The average Bonchev–Trinajstić information content (AvgIpc) is 3.10. The summed E-state index contributed by atoms with van der Waals surface area (Å²) in [7, 11) is -4.23. The van der Waals surface area contributed by atoms with E-state index in [1.807, 2.05) is 24.3 Å². The van der Waals surface area contributed by atoms with E-state index in [0.717, 1.165) is 23.5 Å². The summed E-state index contributed by atoms with van der Waals surface area (Å²) in [5.41, 5.74) is 7.03.